The van der Waals surface area contributed by atoms with Gasteiger partial charge in [-0.05, 0) is 24.5 Å². The Morgan fingerprint density at radius 1 is 1.04 bits per heavy atom. The number of amides is 1. The van der Waals surface area contributed by atoms with Gasteiger partial charge in [-0.3, -0.25) is 4.79 Å². The first-order chi connectivity index (χ1) is 13.2. The van der Waals surface area contributed by atoms with Crippen LogP contribution in [0.3, 0.4) is 0 Å². The maximum absolute atomic E-state index is 12.8. The van der Waals surface area contributed by atoms with Crippen LogP contribution in [0.1, 0.15) is 43.2 Å². The Hall–Kier alpha value is -1.61. The van der Waals surface area contributed by atoms with E-state index >= 15 is 0 Å². The van der Waals surface area contributed by atoms with Crippen molar-refractivity contribution in [2.75, 3.05) is 26.2 Å². The smallest absolute Gasteiger partial charge is 0.340 e. The predicted octanol–water partition coefficient (Wildman–Crippen LogP) is 3.26. The second kappa shape index (κ2) is 8.41. The Morgan fingerprint density at radius 2 is 1.68 bits per heavy atom. The highest BCUT2D eigenvalue weighted by Gasteiger charge is 2.33. The zero-order valence-corrected chi connectivity index (χ0v) is 16.4. The molecule has 5 nitrogen and oxygen atoms in total. The summed E-state index contributed by atoms with van der Waals surface area (Å²) in [6.45, 7) is 1.02. The lowest BCUT2D eigenvalue weighted by atomic mass is 9.88. The molecule has 0 atom stereocenters. The van der Waals surface area contributed by atoms with Crippen molar-refractivity contribution in [1.29, 1.82) is 0 Å². The number of carbonyl (C=O) groups is 1. The van der Waals surface area contributed by atoms with Gasteiger partial charge in [-0.25, -0.2) is 8.42 Å². The summed E-state index contributed by atoms with van der Waals surface area (Å²) in [6.07, 6.45) is 0.555. The minimum atomic E-state index is -4.51. The third kappa shape index (κ3) is 5.05. The zero-order chi connectivity index (χ0) is 20.4. The summed E-state index contributed by atoms with van der Waals surface area (Å²) in [7, 11) is -3.74. The molecular formula is C19H25F3N2O3S. The second-order valence-electron chi connectivity index (χ2n) is 7.51. The van der Waals surface area contributed by atoms with E-state index in [0.717, 1.165) is 44.2 Å². The summed E-state index contributed by atoms with van der Waals surface area (Å²) in [4.78, 5) is 14.3. The van der Waals surface area contributed by atoms with E-state index in [2.05, 4.69) is 0 Å². The highest BCUT2D eigenvalue weighted by atomic mass is 32.2. The molecule has 1 amide bonds. The van der Waals surface area contributed by atoms with Gasteiger partial charge >= 0.3 is 6.18 Å². The van der Waals surface area contributed by atoms with Crippen molar-refractivity contribution in [3.8, 4) is 0 Å². The van der Waals surface area contributed by atoms with Crippen LogP contribution in [-0.2, 0) is 26.7 Å². The number of sulfonamides is 1. The highest BCUT2D eigenvalue weighted by molar-refractivity contribution is 7.88. The molecule has 1 heterocycles. The summed E-state index contributed by atoms with van der Waals surface area (Å²) in [5.41, 5.74) is -0.751. The molecule has 2 aliphatic rings. The first-order valence-corrected chi connectivity index (χ1v) is 11.2. The average molecular weight is 418 g/mol. The second-order valence-corrected chi connectivity index (χ2v) is 9.48. The third-order valence-electron chi connectivity index (χ3n) is 5.50. The minimum absolute atomic E-state index is 0.0435. The molecule has 0 N–H and O–H groups in total. The molecule has 28 heavy (non-hydrogen) atoms. The molecule has 0 radical (unpaired) electrons. The fourth-order valence-corrected chi connectivity index (χ4v) is 5.44. The molecule has 0 aromatic heterocycles. The van der Waals surface area contributed by atoms with Crippen molar-refractivity contribution < 1.29 is 26.4 Å². The Labute approximate surface area is 163 Å². The van der Waals surface area contributed by atoms with Gasteiger partial charge in [-0.2, -0.15) is 17.5 Å². The summed E-state index contributed by atoms with van der Waals surface area (Å²) in [5.74, 6) is -0.329. The van der Waals surface area contributed by atoms with E-state index in [4.69, 9.17) is 0 Å². The summed E-state index contributed by atoms with van der Waals surface area (Å²) in [6, 6.07) is 4.40. The lowest BCUT2D eigenvalue weighted by Gasteiger charge is -2.36. The van der Waals surface area contributed by atoms with E-state index in [-0.39, 0.29) is 30.5 Å². The Balaban J connectivity index is 1.59. The first-order valence-electron chi connectivity index (χ1n) is 9.59. The van der Waals surface area contributed by atoms with Crippen LogP contribution in [0.4, 0.5) is 13.2 Å². The molecule has 9 heteroatoms. The molecule has 0 bridgehead atoms. The Kier molecular flexibility index (Phi) is 6.34. The quantitative estimate of drug-likeness (QED) is 0.754. The van der Waals surface area contributed by atoms with Gasteiger partial charge in [0.2, 0.25) is 15.9 Å². The topological polar surface area (TPSA) is 57.7 Å². The van der Waals surface area contributed by atoms with E-state index in [1.165, 1.54) is 16.4 Å². The summed E-state index contributed by atoms with van der Waals surface area (Å²) < 4.78 is 65.0. The number of halogens is 3. The van der Waals surface area contributed by atoms with Gasteiger partial charge in [0.05, 0.1) is 11.3 Å². The number of hydrogen-bond donors (Lipinski definition) is 0. The molecule has 1 aromatic carbocycles. The van der Waals surface area contributed by atoms with Crippen LogP contribution in [0.5, 0.6) is 0 Å². The van der Waals surface area contributed by atoms with Crippen LogP contribution < -0.4 is 0 Å². The maximum atomic E-state index is 12.8. The van der Waals surface area contributed by atoms with Gasteiger partial charge in [0.15, 0.2) is 0 Å². The zero-order valence-electron chi connectivity index (χ0n) is 15.6. The van der Waals surface area contributed by atoms with Crippen LogP contribution in [-0.4, -0.2) is 49.7 Å². The highest BCUT2D eigenvalue weighted by Crippen LogP contribution is 2.30. The SMILES string of the molecule is O=C(C1CCCCC1)N1CCN(S(=O)(=O)Cc2cccc(C(F)(F)F)c2)CC1. The first kappa shape index (κ1) is 21.1. The van der Waals surface area contributed by atoms with E-state index in [9.17, 15) is 26.4 Å². The molecular weight excluding hydrogens is 393 g/mol. The van der Waals surface area contributed by atoms with Crippen LogP contribution >= 0.6 is 0 Å². The standard InChI is InChI=1S/C19H25F3N2O3S/c20-19(21,22)17-8-4-5-15(13-17)14-28(26,27)24-11-9-23(10-12-24)18(25)16-6-2-1-3-7-16/h4-5,8,13,16H,1-3,6-7,9-12,14H2. The molecule has 1 saturated carbocycles. The monoisotopic (exact) mass is 418 g/mol. The lowest BCUT2D eigenvalue weighted by molar-refractivity contribution is -0.138. The molecule has 3 rings (SSSR count). The minimum Gasteiger partial charge on any atom is -0.340 e. The molecule has 1 aliphatic heterocycles. The Morgan fingerprint density at radius 3 is 2.29 bits per heavy atom. The number of nitrogens with zero attached hydrogens (tertiary/aromatic N) is 2. The summed E-state index contributed by atoms with van der Waals surface area (Å²) >= 11 is 0. The number of piperazine rings is 1. The predicted molar refractivity (Wildman–Crippen MR) is 98.8 cm³/mol. The largest absolute Gasteiger partial charge is 0.416 e. The molecule has 1 aliphatic carbocycles. The summed E-state index contributed by atoms with van der Waals surface area (Å²) in [5, 5.41) is 0. The van der Waals surface area contributed by atoms with E-state index < -0.39 is 27.5 Å². The van der Waals surface area contributed by atoms with Crippen molar-refractivity contribution in [3.05, 3.63) is 35.4 Å². The average Bonchev–Trinajstić information content (AvgIpc) is 2.67. The fourth-order valence-electron chi connectivity index (χ4n) is 3.93. The number of benzene rings is 1. The van der Waals surface area contributed by atoms with Crippen LogP contribution in [0.2, 0.25) is 0 Å². The van der Waals surface area contributed by atoms with Crippen molar-refractivity contribution in [3.63, 3.8) is 0 Å². The van der Waals surface area contributed by atoms with E-state index in [0.29, 0.717) is 13.1 Å². The van der Waals surface area contributed by atoms with Crippen molar-refractivity contribution in [1.82, 2.24) is 9.21 Å². The maximum Gasteiger partial charge on any atom is 0.416 e. The molecule has 0 unspecified atom stereocenters. The number of rotatable bonds is 4. The normalized spacial score (nSPS) is 20.3. The number of carbonyl (C=O) groups excluding carboxylic acids is 1. The molecule has 2 fully saturated rings. The van der Waals surface area contributed by atoms with E-state index in [1.54, 1.807) is 4.90 Å². The van der Waals surface area contributed by atoms with Crippen LogP contribution in [0, 0.1) is 5.92 Å². The van der Waals surface area contributed by atoms with Gasteiger partial charge in [0, 0.05) is 32.1 Å². The third-order valence-corrected chi connectivity index (χ3v) is 7.35. The van der Waals surface area contributed by atoms with Crippen LogP contribution in [0.25, 0.3) is 0 Å². The number of hydrogen-bond acceptors (Lipinski definition) is 3. The van der Waals surface area contributed by atoms with Crippen molar-refractivity contribution >= 4 is 15.9 Å². The number of alkyl halides is 3. The van der Waals surface area contributed by atoms with Crippen molar-refractivity contribution in [2.24, 2.45) is 5.92 Å². The lowest BCUT2D eigenvalue weighted by Crippen LogP contribution is -2.52. The molecule has 0 spiro atoms. The fraction of sp³-hybridized carbons (Fsp3) is 0.632. The molecule has 156 valence electrons. The van der Waals surface area contributed by atoms with Crippen molar-refractivity contribution in [2.45, 2.75) is 44.0 Å². The van der Waals surface area contributed by atoms with Gasteiger partial charge in [0.1, 0.15) is 0 Å². The Bertz CT molecular complexity index is 797. The van der Waals surface area contributed by atoms with Gasteiger partial charge in [-0.1, -0.05) is 37.5 Å². The van der Waals surface area contributed by atoms with Gasteiger partial charge < -0.3 is 4.90 Å². The van der Waals surface area contributed by atoms with Gasteiger partial charge in [-0.15, -0.1) is 0 Å². The molecule has 1 aromatic rings. The molecule has 1 saturated heterocycles. The van der Waals surface area contributed by atoms with Crippen LogP contribution in [0.15, 0.2) is 24.3 Å². The van der Waals surface area contributed by atoms with Gasteiger partial charge in [0.25, 0.3) is 0 Å². The van der Waals surface area contributed by atoms with E-state index in [1.807, 2.05) is 0 Å².